The molecule has 0 saturated carbocycles. The second-order valence-electron chi connectivity index (χ2n) is 5.08. The average Bonchev–Trinajstić information content (AvgIpc) is 2.56. The SMILES string of the molecule is CCNc1nccc(N2CCN(c3ccccc3)CC2)n1. The molecule has 2 heterocycles. The lowest BCUT2D eigenvalue weighted by molar-refractivity contribution is 0.647. The van der Waals surface area contributed by atoms with Gasteiger partial charge in [-0.3, -0.25) is 0 Å². The molecule has 0 unspecified atom stereocenters. The number of para-hydroxylation sites is 1. The number of hydrogen-bond donors (Lipinski definition) is 1. The maximum Gasteiger partial charge on any atom is 0.224 e. The van der Waals surface area contributed by atoms with E-state index in [2.05, 4.69) is 62.3 Å². The second kappa shape index (κ2) is 6.43. The van der Waals surface area contributed by atoms with E-state index in [0.717, 1.165) is 38.5 Å². The van der Waals surface area contributed by atoms with Crippen molar-refractivity contribution >= 4 is 17.5 Å². The van der Waals surface area contributed by atoms with E-state index in [9.17, 15) is 0 Å². The van der Waals surface area contributed by atoms with Crippen molar-refractivity contribution in [3.63, 3.8) is 0 Å². The Morgan fingerprint density at radius 1 is 1.00 bits per heavy atom. The molecule has 2 aromatic rings. The number of anilines is 3. The smallest absolute Gasteiger partial charge is 0.224 e. The van der Waals surface area contributed by atoms with Gasteiger partial charge in [-0.15, -0.1) is 0 Å². The van der Waals surface area contributed by atoms with Gasteiger partial charge in [0.15, 0.2) is 0 Å². The van der Waals surface area contributed by atoms with Crippen LogP contribution in [0.1, 0.15) is 6.92 Å². The molecule has 110 valence electrons. The van der Waals surface area contributed by atoms with Gasteiger partial charge in [-0.05, 0) is 25.1 Å². The van der Waals surface area contributed by atoms with Crippen LogP contribution in [-0.4, -0.2) is 42.7 Å². The lowest BCUT2D eigenvalue weighted by Gasteiger charge is -2.36. The molecule has 1 aliphatic heterocycles. The summed E-state index contributed by atoms with van der Waals surface area (Å²) in [6.45, 7) is 6.89. The van der Waals surface area contributed by atoms with Gasteiger partial charge in [0, 0.05) is 44.6 Å². The van der Waals surface area contributed by atoms with Crippen molar-refractivity contribution in [1.82, 2.24) is 9.97 Å². The van der Waals surface area contributed by atoms with Crippen LogP contribution in [0, 0.1) is 0 Å². The summed E-state index contributed by atoms with van der Waals surface area (Å²) in [5.41, 5.74) is 1.30. The molecule has 1 aromatic heterocycles. The summed E-state index contributed by atoms with van der Waals surface area (Å²) in [5, 5.41) is 3.16. The van der Waals surface area contributed by atoms with Crippen molar-refractivity contribution < 1.29 is 0 Å². The molecule has 0 bridgehead atoms. The number of hydrogen-bond acceptors (Lipinski definition) is 5. The average molecular weight is 283 g/mol. The Labute approximate surface area is 125 Å². The fraction of sp³-hybridized carbons (Fsp3) is 0.375. The van der Waals surface area contributed by atoms with Crippen LogP contribution >= 0.6 is 0 Å². The van der Waals surface area contributed by atoms with E-state index in [1.165, 1.54) is 5.69 Å². The van der Waals surface area contributed by atoms with Gasteiger partial charge in [0.25, 0.3) is 0 Å². The number of nitrogens with zero attached hydrogens (tertiary/aromatic N) is 4. The Kier molecular flexibility index (Phi) is 4.19. The van der Waals surface area contributed by atoms with Crippen LogP contribution in [0.15, 0.2) is 42.6 Å². The van der Waals surface area contributed by atoms with Crippen molar-refractivity contribution in [3.05, 3.63) is 42.6 Å². The topological polar surface area (TPSA) is 44.3 Å². The van der Waals surface area contributed by atoms with Crippen LogP contribution in [0.2, 0.25) is 0 Å². The van der Waals surface area contributed by atoms with Crippen molar-refractivity contribution in [2.45, 2.75) is 6.92 Å². The maximum atomic E-state index is 4.57. The minimum atomic E-state index is 0.709. The Bertz CT molecular complexity index is 564. The van der Waals surface area contributed by atoms with E-state index in [1.54, 1.807) is 0 Å². The highest BCUT2D eigenvalue weighted by Crippen LogP contribution is 2.19. The van der Waals surface area contributed by atoms with Crippen LogP contribution in [0.5, 0.6) is 0 Å². The molecule has 0 radical (unpaired) electrons. The lowest BCUT2D eigenvalue weighted by atomic mass is 10.2. The monoisotopic (exact) mass is 283 g/mol. The molecule has 1 saturated heterocycles. The molecule has 1 fully saturated rings. The second-order valence-corrected chi connectivity index (χ2v) is 5.08. The Hall–Kier alpha value is -2.30. The highest BCUT2D eigenvalue weighted by molar-refractivity contribution is 5.49. The summed E-state index contributed by atoms with van der Waals surface area (Å²) in [4.78, 5) is 13.5. The van der Waals surface area contributed by atoms with E-state index < -0.39 is 0 Å². The quantitative estimate of drug-likeness (QED) is 0.932. The third-order valence-corrected chi connectivity index (χ3v) is 3.70. The number of rotatable bonds is 4. The predicted molar refractivity (Wildman–Crippen MR) is 87.1 cm³/mol. The van der Waals surface area contributed by atoms with Gasteiger partial charge < -0.3 is 15.1 Å². The summed E-state index contributed by atoms with van der Waals surface area (Å²) in [5.74, 6) is 1.72. The Balaban J connectivity index is 1.64. The van der Waals surface area contributed by atoms with E-state index in [-0.39, 0.29) is 0 Å². The molecule has 3 rings (SSSR count). The normalized spacial score (nSPS) is 15.1. The van der Waals surface area contributed by atoms with Crippen molar-refractivity contribution in [2.24, 2.45) is 0 Å². The minimum Gasteiger partial charge on any atom is -0.368 e. The predicted octanol–water partition coefficient (Wildman–Crippen LogP) is 2.24. The first-order chi connectivity index (χ1) is 10.4. The first-order valence-corrected chi connectivity index (χ1v) is 7.48. The van der Waals surface area contributed by atoms with Crippen LogP contribution in [-0.2, 0) is 0 Å². The number of benzene rings is 1. The third kappa shape index (κ3) is 3.24. The molecule has 5 nitrogen and oxygen atoms in total. The van der Waals surface area contributed by atoms with Gasteiger partial charge >= 0.3 is 0 Å². The number of piperazine rings is 1. The maximum absolute atomic E-state index is 4.57. The summed E-state index contributed by atoms with van der Waals surface area (Å²) >= 11 is 0. The molecule has 0 spiro atoms. The highest BCUT2D eigenvalue weighted by atomic mass is 15.3. The summed E-state index contributed by atoms with van der Waals surface area (Å²) in [6, 6.07) is 12.6. The van der Waals surface area contributed by atoms with Gasteiger partial charge in [0.1, 0.15) is 5.82 Å². The van der Waals surface area contributed by atoms with Crippen LogP contribution in [0.4, 0.5) is 17.5 Å². The van der Waals surface area contributed by atoms with Crippen LogP contribution in [0.3, 0.4) is 0 Å². The van der Waals surface area contributed by atoms with E-state index in [4.69, 9.17) is 0 Å². The van der Waals surface area contributed by atoms with Gasteiger partial charge in [0.2, 0.25) is 5.95 Å². The zero-order chi connectivity index (χ0) is 14.5. The van der Waals surface area contributed by atoms with Gasteiger partial charge in [0.05, 0.1) is 0 Å². The number of aromatic nitrogens is 2. The van der Waals surface area contributed by atoms with Gasteiger partial charge in [-0.1, -0.05) is 18.2 Å². The van der Waals surface area contributed by atoms with Crippen LogP contribution < -0.4 is 15.1 Å². The van der Waals surface area contributed by atoms with Crippen molar-refractivity contribution in [3.8, 4) is 0 Å². The molecular formula is C16H21N5. The summed E-state index contributed by atoms with van der Waals surface area (Å²) in [7, 11) is 0. The largest absolute Gasteiger partial charge is 0.368 e. The molecule has 1 aromatic carbocycles. The lowest BCUT2D eigenvalue weighted by Crippen LogP contribution is -2.46. The third-order valence-electron chi connectivity index (χ3n) is 3.70. The summed E-state index contributed by atoms with van der Waals surface area (Å²) < 4.78 is 0. The molecule has 5 heteroatoms. The fourth-order valence-electron chi connectivity index (χ4n) is 2.60. The molecule has 1 aliphatic rings. The first-order valence-electron chi connectivity index (χ1n) is 7.48. The van der Waals surface area contributed by atoms with Gasteiger partial charge in [-0.25, -0.2) is 4.98 Å². The van der Waals surface area contributed by atoms with E-state index >= 15 is 0 Å². The standard InChI is InChI=1S/C16H21N5/c1-2-17-16-18-9-8-15(19-16)21-12-10-20(11-13-21)14-6-4-3-5-7-14/h3-9H,2,10-13H2,1H3,(H,17,18,19). The van der Waals surface area contributed by atoms with Gasteiger partial charge in [-0.2, -0.15) is 4.98 Å². The van der Waals surface area contributed by atoms with Crippen LogP contribution in [0.25, 0.3) is 0 Å². The fourth-order valence-corrected chi connectivity index (χ4v) is 2.60. The zero-order valence-electron chi connectivity index (χ0n) is 12.4. The van der Waals surface area contributed by atoms with E-state index in [1.807, 2.05) is 12.3 Å². The molecule has 1 N–H and O–H groups in total. The van der Waals surface area contributed by atoms with Crippen molar-refractivity contribution in [1.29, 1.82) is 0 Å². The molecule has 0 atom stereocenters. The molecule has 0 aliphatic carbocycles. The molecule has 21 heavy (non-hydrogen) atoms. The summed E-state index contributed by atoms with van der Waals surface area (Å²) in [6.07, 6.45) is 1.82. The Morgan fingerprint density at radius 2 is 1.71 bits per heavy atom. The molecular weight excluding hydrogens is 262 g/mol. The minimum absolute atomic E-state index is 0.709. The first kappa shape index (κ1) is 13.7. The van der Waals surface area contributed by atoms with E-state index in [0.29, 0.717) is 5.95 Å². The van der Waals surface area contributed by atoms with Crippen molar-refractivity contribution in [2.75, 3.05) is 47.8 Å². The Morgan fingerprint density at radius 3 is 2.43 bits per heavy atom. The zero-order valence-corrected chi connectivity index (χ0v) is 12.4. The number of nitrogens with one attached hydrogen (secondary N) is 1. The highest BCUT2D eigenvalue weighted by Gasteiger charge is 2.18. The molecule has 0 amide bonds.